The molecular weight excluding hydrogens is 329 g/mol. The first-order valence-electron chi connectivity index (χ1n) is 7.10. The number of rotatable bonds is 2. The Balaban J connectivity index is 1.87. The number of imide groups is 3. The number of halogens is 1. The van der Waals surface area contributed by atoms with E-state index < -0.39 is 22.9 Å². The van der Waals surface area contributed by atoms with E-state index in [1.54, 1.807) is 6.08 Å². The summed E-state index contributed by atoms with van der Waals surface area (Å²) in [6.45, 7) is 1.94. The molecule has 0 aliphatic carbocycles. The lowest BCUT2D eigenvalue weighted by atomic mass is 10.1. The van der Waals surface area contributed by atoms with Crippen molar-refractivity contribution in [1.29, 1.82) is 0 Å². The molecule has 0 N–H and O–H groups in total. The number of carbonyl (C=O) groups excluding carboxylic acids is 3. The fourth-order valence-corrected chi connectivity index (χ4v) is 3.00. The van der Waals surface area contributed by atoms with Crippen LogP contribution >= 0.6 is 11.8 Å². The molecule has 1 aliphatic heterocycles. The molecule has 24 heavy (non-hydrogen) atoms. The maximum atomic E-state index is 12.9. The van der Waals surface area contributed by atoms with E-state index in [9.17, 15) is 18.8 Å². The normalized spacial score (nSPS) is 16.1. The Kier molecular flexibility index (Phi) is 4.31. The molecule has 0 aromatic heterocycles. The zero-order valence-electron chi connectivity index (χ0n) is 12.7. The molecule has 1 saturated heterocycles. The lowest BCUT2D eigenvalue weighted by Crippen LogP contribution is -2.34. The molecule has 0 saturated carbocycles. The van der Waals surface area contributed by atoms with Gasteiger partial charge in [-0.2, -0.15) is 0 Å². The molecule has 0 atom stereocenters. The monoisotopic (exact) mass is 341 g/mol. The van der Waals surface area contributed by atoms with Gasteiger partial charge in [-0.15, -0.1) is 0 Å². The van der Waals surface area contributed by atoms with Gasteiger partial charge >= 0.3 is 5.24 Å². The largest absolute Gasteiger partial charge is 0.300 e. The van der Waals surface area contributed by atoms with E-state index in [1.165, 1.54) is 12.1 Å². The van der Waals surface area contributed by atoms with Gasteiger partial charge in [-0.25, -0.2) is 9.29 Å². The molecule has 2 aromatic carbocycles. The molecule has 3 amide bonds. The molecule has 0 bridgehead atoms. The van der Waals surface area contributed by atoms with Gasteiger partial charge < -0.3 is 0 Å². The van der Waals surface area contributed by atoms with Crippen molar-refractivity contribution in [2.75, 3.05) is 0 Å². The first-order valence-corrected chi connectivity index (χ1v) is 7.92. The van der Waals surface area contributed by atoms with Gasteiger partial charge in [0.25, 0.3) is 11.8 Å². The van der Waals surface area contributed by atoms with Crippen molar-refractivity contribution < 1.29 is 18.8 Å². The molecule has 3 rings (SSSR count). The molecule has 0 spiro atoms. The Morgan fingerprint density at radius 1 is 1.04 bits per heavy atom. The second-order valence-electron chi connectivity index (χ2n) is 5.24. The van der Waals surface area contributed by atoms with Crippen LogP contribution in [0.25, 0.3) is 6.08 Å². The smallest absolute Gasteiger partial charge is 0.268 e. The topological polar surface area (TPSA) is 54.5 Å². The van der Waals surface area contributed by atoms with Crippen molar-refractivity contribution in [2.45, 2.75) is 6.92 Å². The second kappa shape index (κ2) is 6.41. The van der Waals surface area contributed by atoms with Crippen LogP contribution in [0.3, 0.4) is 0 Å². The molecule has 6 heteroatoms. The van der Waals surface area contributed by atoms with Crippen LogP contribution in [0.1, 0.15) is 21.5 Å². The van der Waals surface area contributed by atoms with Crippen LogP contribution < -0.4 is 0 Å². The summed E-state index contributed by atoms with van der Waals surface area (Å²) in [5, 5.41) is -0.660. The Labute approximate surface area is 142 Å². The summed E-state index contributed by atoms with van der Waals surface area (Å²) in [6.07, 6.45) is 1.57. The minimum Gasteiger partial charge on any atom is -0.268 e. The highest BCUT2D eigenvalue weighted by Gasteiger charge is 2.40. The van der Waals surface area contributed by atoms with Crippen LogP contribution in [-0.4, -0.2) is 22.0 Å². The van der Waals surface area contributed by atoms with Crippen LogP contribution in [0.2, 0.25) is 0 Å². The Morgan fingerprint density at radius 3 is 2.29 bits per heavy atom. The number of aryl methyl sites for hydroxylation is 1. The maximum absolute atomic E-state index is 12.9. The number of amides is 3. The minimum absolute atomic E-state index is 0.0790. The average molecular weight is 341 g/mol. The summed E-state index contributed by atoms with van der Waals surface area (Å²) in [5.41, 5.74) is 1.92. The number of thioether (sulfide) groups is 1. The van der Waals surface area contributed by atoms with Crippen molar-refractivity contribution in [3.8, 4) is 0 Å². The van der Waals surface area contributed by atoms with Gasteiger partial charge in [-0.1, -0.05) is 29.8 Å². The predicted molar refractivity (Wildman–Crippen MR) is 89.7 cm³/mol. The zero-order valence-corrected chi connectivity index (χ0v) is 13.5. The summed E-state index contributed by atoms with van der Waals surface area (Å²) < 4.78 is 12.9. The molecule has 1 heterocycles. The van der Waals surface area contributed by atoms with E-state index in [0.29, 0.717) is 16.7 Å². The summed E-state index contributed by atoms with van der Waals surface area (Å²) >= 11 is 0.711. The van der Waals surface area contributed by atoms with E-state index in [-0.39, 0.29) is 10.5 Å². The van der Waals surface area contributed by atoms with Crippen molar-refractivity contribution in [3.63, 3.8) is 0 Å². The fraction of sp³-hybridized carbons (Fsp3) is 0.0556. The SMILES string of the molecule is Cc1ccc(C=C2SC(=O)N(C(=O)c3ccc(F)cc3)C2=O)cc1. The van der Waals surface area contributed by atoms with E-state index in [4.69, 9.17) is 0 Å². The van der Waals surface area contributed by atoms with Gasteiger partial charge in [0.05, 0.1) is 4.91 Å². The quantitative estimate of drug-likeness (QED) is 0.612. The third-order valence-corrected chi connectivity index (χ3v) is 4.33. The average Bonchev–Trinajstić information content (AvgIpc) is 2.83. The lowest BCUT2D eigenvalue weighted by molar-refractivity contribution is -0.120. The van der Waals surface area contributed by atoms with Gasteiger partial charge in [0.2, 0.25) is 0 Å². The summed E-state index contributed by atoms with van der Waals surface area (Å²) in [4.78, 5) is 37.5. The van der Waals surface area contributed by atoms with Crippen molar-refractivity contribution in [3.05, 3.63) is 75.9 Å². The van der Waals surface area contributed by atoms with Crippen molar-refractivity contribution in [2.24, 2.45) is 0 Å². The first-order chi connectivity index (χ1) is 11.5. The second-order valence-corrected chi connectivity index (χ2v) is 6.23. The molecule has 2 aromatic rings. The molecular formula is C18H12FNO3S. The maximum Gasteiger partial charge on any atom is 0.300 e. The summed E-state index contributed by atoms with van der Waals surface area (Å²) in [6, 6.07) is 12.1. The molecule has 0 radical (unpaired) electrons. The highest BCUT2D eigenvalue weighted by molar-refractivity contribution is 8.18. The standard InChI is InChI=1S/C18H12FNO3S/c1-11-2-4-12(5-3-11)10-15-17(22)20(18(23)24-15)16(21)13-6-8-14(19)9-7-13/h2-10H,1H3. The highest BCUT2D eigenvalue weighted by Crippen LogP contribution is 2.33. The molecule has 1 aliphatic rings. The third kappa shape index (κ3) is 3.14. The summed E-state index contributed by atoms with van der Waals surface area (Å²) in [7, 11) is 0. The number of hydrogen-bond donors (Lipinski definition) is 0. The number of nitrogens with zero attached hydrogens (tertiary/aromatic N) is 1. The Morgan fingerprint density at radius 2 is 1.67 bits per heavy atom. The summed E-state index contributed by atoms with van der Waals surface area (Å²) in [5.74, 6) is -1.93. The van der Waals surface area contributed by atoms with Gasteiger partial charge in [0, 0.05) is 5.56 Å². The van der Waals surface area contributed by atoms with Crippen LogP contribution in [0, 0.1) is 12.7 Å². The number of carbonyl (C=O) groups is 3. The van der Waals surface area contributed by atoms with Gasteiger partial charge in [0.1, 0.15) is 5.82 Å². The van der Waals surface area contributed by atoms with Crippen molar-refractivity contribution >= 4 is 34.9 Å². The third-order valence-electron chi connectivity index (χ3n) is 3.46. The van der Waals surface area contributed by atoms with E-state index in [2.05, 4.69) is 0 Å². The zero-order chi connectivity index (χ0) is 17.3. The van der Waals surface area contributed by atoms with E-state index in [1.807, 2.05) is 31.2 Å². The number of hydrogen-bond acceptors (Lipinski definition) is 4. The molecule has 120 valence electrons. The van der Waals surface area contributed by atoms with Gasteiger partial charge in [-0.3, -0.25) is 14.4 Å². The molecule has 4 nitrogen and oxygen atoms in total. The van der Waals surface area contributed by atoms with E-state index in [0.717, 1.165) is 23.3 Å². The highest BCUT2D eigenvalue weighted by atomic mass is 32.2. The Bertz CT molecular complexity index is 857. The van der Waals surface area contributed by atoms with Crippen LogP contribution in [0.15, 0.2) is 53.4 Å². The van der Waals surface area contributed by atoms with E-state index >= 15 is 0 Å². The van der Waals surface area contributed by atoms with Crippen molar-refractivity contribution in [1.82, 2.24) is 4.90 Å². The fourth-order valence-electron chi connectivity index (χ4n) is 2.18. The predicted octanol–water partition coefficient (Wildman–Crippen LogP) is 4.01. The van der Waals surface area contributed by atoms with Crippen LogP contribution in [0.5, 0.6) is 0 Å². The first kappa shape index (κ1) is 16.1. The number of benzene rings is 2. The molecule has 0 unspecified atom stereocenters. The van der Waals surface area contributed by atoms with Gasteiger partial charge in [-0.05, 0) is 54.6 Å². The van der Waals surface area contributed by atoms with Crippen LogP contribution in [-0.2, 0) is 4.79 Å². The lowest BCUT2D eigenvalue weighted by Gasteiger charge is -2.10. The van der Waals surface area contributed by atoms with Gasteiger partial charge in [0.15, 0.2) is 0 Å². The van der Waals surface area contributed by atoms with Crippen LogP contribution in [0.4, 0.5) is 9.18 Å². The minimum atomic E-state index is -0.759. The Hall–Kier alpha value is -2.73. The molecule has 1 fully saturated rings.